The summed E-state index contributed by atoms with van der Waals surface area (Å²) in [6.45, 7) is 0. The lowest BCUT2D eigenvalue weighted by Crippen LogP contribution is -2.12. The van der Waals surface area contributed by atoms with Gasteiger partial charge >= 0.3 is 6.18 Å². The molecule has 0 aliphatic carbocycles. The van der Waals surface area contributed by atoms with Crippen LogP contribution in [-0.2, 0) is 6.18 Å². The molecule has 0 atom stereocenters. The van der Waals surface area contributed by atoms with E-state index in [9.17, 15) is 23.3 Å². The molecule has 0 aliphatic rings. The summed E-state index contributed by atoms with van der Waals surface area (Å²) in [5.41, 5.74) is 1.90. The summed E-state index contributed by atoms with van der Waals surface area (Å²) in [6.07, 6.45) is -4.85. The number of rotatable bonds is 1. The Balaban J connectivity index is 3.60. The molecule has 0 spiro atoms. The van der Waals surface area contributed by atoms with Crippen molar-refractivity contribution in [2.75, 3.05) is 5.73 Å². The molecule has 0 heterocycles. The number of nitro groups is 1. The molecule has 0 aliphatic heterocycles. The smallest absolute Gasteiger partial charge is 0.398 e. The van der Waals surface area contributed by atoms with Crippen molar-refractivity contribution in [3.8, 4) is 0 Å². The Hall–Kier alpha value is -1.31. The zero-order valence-corrected chi connectivity index (χ0v) is 8.59. The van der Waals surface area contributed by atoms with E-state index in [2.05, 4.69) is 15.9 Å². The largest absolute Gasteiger partial charge is 0.425 e. The molecule has 0 unspecified atom stereocenters. The molecule has 1 rings (SSSR count). The van der Waals surface area contributed by atoms with Crippen LogP contribution in [0.15, 0.2) is 16.6 Å². The first-order valence-corrected chi connectivity index (χ1v) is 4.34. The van der Waals surface area contributed by atoms with Gasteiger partial charge in [0.1, 0.15) is 0 Å². The number of nitro benzene ring substituents is 1. The number of nitrogen functional groups attached to an aromatic ring is 1. The average molecular weight is 285 g/mol. The Morgan fingerprint density at radius 1 is 1.40 bits per heavy atom. The molecule has 4 nitrogen and oxygen atoms in total. The average Bonchev–Trinajstić information content (AvgIpc) is 2.05. The fourth-order valence-corrected chi connectivity index (χ4v) is 1.53. The molecular formula is C7H4BrF3N2O2. The number of nitrogens with zero attached hydrogens (tertiary/aromatic N) is 1. The van der Waals surface area contributed by atoms with Gasteiger partial charge in [-0.05, 0) is 28.1 Å². The van der Waals surface area contributed by atoms with E-state index in [0.717, 1.165) is 12.1 Å². The van der Waals surface area contributed by atoms with E-state index < -0.39 is 28.0 Å². The van der Waals surface area contributed by atoms with Crippen LogP contribution in [0, 0.1) is 10.1 Å². The Bertz CT molecular complexity index is 419. The predicted molar refractivity (Wildman–Crippen MR) is 50.2 cm³/mol. The Morgan fingerprint density at radius 3 is 2.27 bits per heavy atom. The highest BCUT2D eigenvalue weighted by Crippen LogP contribution is 2.43. The summed E-state index contributed by atoms with van der Waals surface area (Å²) in [4.78, 5) is 9.34. The number of alkyl halides is 3. The number of hydrogen-bond donors (Lipinski definition) is 1. The number of benzene rings is 1. The Kier molecular flexibility index (Phi) is 2.89. The van der Waals surface area contributed by atoms with Crippen molar-refractivity contribution in [3.63, 3.8) is 0 Å². The maximum Gasteiger partial charge on any atom is 0.425 e. The number of nitrogens with two attached hydrogens (primary N) is 1. The zero-order chi connectivity index (χ0) is 11.8. The second kappa shape index (κ2) is 3.69. The Morgan fingerprint density at radius 2 is 1.93 bits per heavy atom. The van der Waals surface area contributed by atoms with E-state index in [0.29, 0.717) is 0 Å². The quantitative estimate of drug-likeness (QED) is 0.490. The fraction of sp³-hybridized carbons (Fsp3) is 0.143. The molecule has 1 aromatic carbocycles. The van der Waals surface area contributed by atoms with Crippen LogP contribution in [0.5, 0.6) is 0 Å². The third-order valence-electron chi connectivity index (χ3n) is 1.63. The highest BCUT2D eigenvalue weighted by atomic mass is 79.9. The van der Waals surface area contributed by atoms with Gasteiger partial charge in [-0.15, -0.1) is 0 Å². The van der Waals surface area contributed by atoms with Crippen molar-refractivity contribution in [3.05, 3.63) is 32.3 Å². The van der Waals surface area contributed by atoms with Gasteiger partial charge in [-0.1, -0.05) is 0 Å². The molecular weight excluding hydrogens is 281 g/mol. The topological polar surface area (TPSA) is 69.2 Å². The maximum absolute atomic E-state index is 12.4. The second-order valence-corrected chi connectivity index (χ2v) is 3.47. The number of anilines is 1. The molecule has 15 heavy (non-hydrogen) atoms. The number of hydrogen-bond acceptors (Lipinski definition) is 3. The van der Waals surface area contributed by atoms with E-state index in [1.165, 1.54) is 0 Å². The predicted octanol–water partition coefficient (Wildman–Crippen LogP) is 2.96. The molecule has 82 valence electrons. The summed E-state index contributed by atoms with van der Waals surface area (Å²) >= 11 is 2.68. The molecule has 0 saturated carbocycles. The second-order valence-electron chi connectivity index (χ2n) is 2.62. The minimum atomic E-state index is -4.85. The Labute approximate surface area is 90.2 Å². The van der Waals surface area contributed by atoms with E-state index in [4.69, 9.17) is 5.73 Å². The van der Waals surface area contributed by atoms with Crippen molar-refractivity contribution >= 4 is 27.3 Å². The highest BCUT2D eigenvalue weighted by Gasteiger charge is 2.41. The minimum Gasteiger partial charge on any atom is -0.398 e. The van der Waals surface area contributed by atoms with Gasteiger partial charge in [0.25, 0.3) is 5.69 Å². The summed E-state index contributed by atoms with van der Waals surface area (Å²) in [6, 6.07) is 2.06. The van der Waals surface area contributed by atoms with Crippen molar-refractivity contribution in [2.24, 2.45) is 0 Å². The van der Waals surface area contributed by atoms with Crippen LogP contribution in [0.4, 0.5) is 24.5 Å². The normalized spacial score (nSPS) is 11.5. The summed E-state index contributed by atoms with van der Waals surface area (Å²) < 4.78 is 37.1. The lowest BCUT2D eigenvalue weighted by Gasteiger charge is -2.10. The van der Waals surface area contributed by atoms with Crippen LogP contribution in [0.3, 0.4) is 0 Å². The maximum atomic E-state index is 12.4. The van der Waals surface area contributed by atoms with Crippen LogP contribution in [0.25, 0.3) is 0 Å². The van der Waals surface area contributed by atoms with Gasteiger partial charge in [-0.25, -0.2) is 0 Å². The van der Waals surface area contributed by atoms with Crippen molar-refractivity contribution < 1.29 is 18.1 Å². The molecule has 8 heteroatoms. The molecule has 0 fully saturated rings. The van der Waals surface area contributed by atoms with Gasteiger partial charge in [-0.2, -0.15) is 13.2 Å². The summed E-state index contributed by atoms with van der Waals surface area (Å²) in [7, 11) is 0. The van der Waals surface area contributed by atoms with Gasteiger partial charge in [0.05, 0.1) is 15.1 Å². The SMILES string of the molecule is Nc1ccc(Br)c([N+](=O)[O-])c1C(F)(F)F. The third-order valence-corrected chi connectivity index (χ3v) is 2.27. The molecule has 0 aromatic heterocycles. The van der Waals surface area contributed by atoms with Crippen LogP contribution >= 0.6 is 15.9 Å². The molecule has 0 bridgehead atoms. The molecule has 0 amide bonds. The monoisotopic (exact) mass is 284 g/mol. The van der Waals surface area contributed by atoms with Gasteiger partial charge in [0.15, 0.2) is 5.56 Å². The van der Waals surface area contributed by atoms with Crippen LogP contribution in [-0.4, -0.2) is 4.92 Å². The lowest BCUT2D eigenvalue weighted by molar-refractivity contribution is -0.388. The van der Waals surface area contributed by atoms with Crippen LogP contribution in [0.2, 0.25) is 0 Å². The van der Waals surface area contributed by atoms with Crippen LogP contribution in [0.1, 0.15) is 5.56 Å². The lowest BCUT2D eigenvalue weighted by atomic mass is 10.1. The minimum absolute atomic E-state index is 0.256. The summed E-state index contributed by atoms with van der Waals surface area (Å²) in [5.74, 6) is 0. The first kappa shape index (κ1) is 11.8. The van der Waals surface area contributed by atoms with Gasteiger partial charge in [-0.3, -0.25) is 10.1 Å². The molecule has 0 saturated heterocycles. The highest BCUT2D eigenvalue weighted by molar-refractivity contribution is 9.10. The van der Waals surface area contributed by atoms with E-state index in [1.54, 1.807) is 0 Å². The van der Waals surface area contributed by atoms with E-state index in [1.807, 2.05) is 0 Å². The molecule has 2 N–H and O–H groups in total. The first-order chi connectivity index (χ1) is 6.75. The van der Waals surface area contributed by atoms with Crippen molar-refractivity contribution in [1.29, 1.82) is 0 Å². The summed E-state index contributed by atoms with van der Waals surface area (Å²) in [5, 5.41) is 10.5. The van der Waals surface area contributed by atoms with Gasteiger partial charge in [0.2, 0.25) is 0 Å². The van der Waals surface area contributed by atoms with Crippen molar-refractivity contribution in [1.82, 2.24) is 0 Å². The van der Waals surface area contributed by atoms with E-state index in [-0.39, 0.29) is 4.47 Å². The zero-order valence-electron chi connectivity index (χ0n) is 7.01. The standard InChI is InChI=1S/C7H4BrF3N2O2/c8-3-1-2-4(12)5(7(9,10)11)6(3)13(14)15/h1-2H,12H2. The van der Waals surface area contributed by atoms with Crippen molar-refractivity contribution in [2.45, 2.75) is 6.18 Å². The fourth-order valence-electron chi connectivity index (χ4n) is 1.06. The third kappa shape index (κ3) is 2.20. The van der Waals surface area contributed by atoms with Gasteiger partial charge < -0.3 is 5.73 Å². The number of halogens is 4. The van der Waals surface area contributed by atoms with Gasteiger partial charge in [0, 0.05) is 0 Å². The van der Waals surface area contributed by atoms with E-state index >= 15 is 0 Å². The first-order valence-electron chi connectivity index (χ1n) is 3.54. The molecule has 1 aromatic rings. The molecule has 0 radical (unpaired) electrons. The van der Waals surface area contributed by atoms with Crippen LogP contribution < -0.4 is 5.73 Å².